The Morgan fingerprint density at radius 2 is 0.781 bits per heavy atom. The molecule has 0 fully saturated rings. The Balaban J connectivity index is 0.627. The number of benzene rings is 2. The summed E-state index contributed by atoms with van der Waals surface area (Å²) in [6, 6.07) is 9.51. The van der Waals surface area contributed by atoms with E-state index in [2.05, 4.69) is 38.3 Å². The zero-order chi connectivity index (χ0) is 69.3. The van der Waals surface area contributed by atoms with Crippen LogP contribution < -0.4 is 33.6 Å². The number of nitrogens with two attached hydrogens (primary N) is 4. The molecular weight excluding hydrogens is 1280 g/mol. The van der Waals surface area contributed by atoms with Crippen LogP contribution in [0.3, 0.4) is 0 Å². The minimum atomic E-state index is -0.574. The number of hydrogen-bond acceptors (Lipinski definition) is 22. The predicted octanol–water partition coefficient (Wildman–Crippen LogP) is 6.00. The fraction of sp³-hybridized carbons (Fsp3) is 0.647. The molecule has 10 N–H and O–H groups in total. The maximum Gasteiger partial charge on any atom is 0.249 e. The van der Waals surface area contributed by atoms with E-state index in [0.29, 0.717) is 277 Å². The summed E-state index contributed by atoms with van der Waals surface area (Å²) in [7, 11) is 3.15. The van der Waals surface area contributed by atoms with Crippen molar-refractivity contribution in [1.29, 1.82) is 0 Å². The van der Waals surface area contributed by atoms with Crippen molar-refractivity contribution in [2.75, 3.05) is 157 Å². The van der Waals surface area contributed by atoms with Crippen molar-refractivity contribution in [3.8, 4) is 11.4 Å². The molecule has 0 radical (unpaired) electrons. The summed E-state index contributed by atoms with van der Waals surface area (Å²) in [5.74, 6) is 0.305. The number of Topliss-reactive ketones (excluding diaryl/α,β-unsaturated/α-hetero) is 2. The van der Waals surface area contributed by atoms with Gasteiger partial charge in [0.15, 0.2) is 11.6 Å². The van der Waals surface area contributed by atoms with E-state index in [0.717, 1.165) is 11.4 Å². The molecule has 0 bridgehead atoms. The van der Waals surface area contributed by atoms with E-state index in [-0.39, 0.29) is 34.2 Å². The van der Waals surface area contributed by atoms with Crippen LogP contribution in [0, 0.1) is 24.7 Å². The smallest absolute Gasteiger partial charge is 0.249 e. The Kier molecular flexibility index (Phi) is 34.9. The first-order valence-electron chi connectivity index (χ1n) is 33.3. The van der Waals surface area contributed by atoms with Crippen LogP contribution >= 0.6 is 21.6 Å². The third kappa shape index (κ3) is 27.2. The number of amides is 4. The van der Waals surface area contributed by atoms with Gasteiger partial charge in [-0.15, -0.1) is 0 Å². The molecular formula is C68H104N10O16S2. The Morgan fingerprint density at radius 3 is 1.09 bits per heavy atom. The Labute approximate surface area is 572 Å². The molecule has 2 atom stereocenters. The Hall–Kier alpha value is -5.70. The number of fused-ring (bicyclic) bond motifs is 2. The molecule has 0 spiro atoms. The second-order valence-electron chi connectivity index (χ2n) is 25.3. The maximum atomic E-state index is 13.0. The van der Waals surface area contributed by atoms with Crippen molar-refractivity contribution >= 4 is 56.8 Å². The van der Waals surface area contributed by atoms with Crippen LogP contribution in [0.1, 0.15) is 166 Å². The van der Waals surface area contributed by atoms with E-state index in [9.17, 15) is 28.8 Å². The summed E-state index contributed by atoms with van der Waals surface area (Å²) in [6.07, 6.45) is 5.40. The number of nitrogens with one attached hydrogen (secondary N) is 2. The molecule has 2 aliphatic rings. The first-order chi connectivity index (χ1) is 46.2. The fourth-order valence-corrected chi connectivity index (χ4v) is 13.2. The number of aromatic nitrogens is 4. The van der Waals surface area contributed by atoms with E-state index in [4.69, 9.17) is 80.5 Å². The molecule has 0 saturated heterocycles. The molecule has 2 aromatic carbocycles. The van der Waals surface area contributed by atoms with Gasteiger partial charge in [0, 0.05) is 99.9 Å². The molecule has 2 heterocycles. The molecule has 0 aliphatic heterocycles. The zero-order valence-corrected chi connectivity index (χ0v) is 58.7. The number of hydrogen-bond donors (Lipinski definition) is 6. The van der Waals surface area contributed by atoms with Crippen LogP contribution in [-0.2, 0) is 69.8 Å². The second-order valence-corrected chi connectivity index (χ2v) is 28.0. The Bertz CT molecular complexity index is 2900. The molecule has 2 aliphatic carbocycles. The first-order valence-corrected chi connectivity index (χ1v) is 35.8. The molecule has 4 amide bonds. The van der Waals surface area contributed by atoms with Crippen molar-refractivity contribution in [2.24, 2.45) is 33.8 Å². The highest BCUT2D eigenvalue weighted by Gasteiger charge is 2.37. The average molecular weight is 1380 g/mol. The van der Waals surface area contributed by atoms with Crippen molar-refractivity contribution in [2.45, 2.75) is 118 Å². The van der Waals surface area contributed by atoms with Gasteiger partial charge < -0.3 is 80.9 Å². The lowest BCUT2D eigenvalue weighted by Crippen LogP contribution is -2.28. The van der Waals surface area contributed by atoms with Gasteiger partial charge in [0.1, 0.15) is 0 Å². The lowest BCUT2D eigenvalue weighted by atomic mass is 9.75. The van der Waals surface area contributed by atoms with Gasteiger partial charge in [-0.1, -0.05) is 49.3 Å². The van der Waals surface area contributed by atoms with Gasteiger partial charge in [-0.05, 0) is 111 Å². The lowest BCUT2D eigenvalue weighted by Gasteiger charge is -2.29. The number of aryl methyl sites for hydroxylation is 2. The number of nitrogens with zero attached hydrogens (tertiary/aromatic N) is 4. The van der Waals surface area contributed by atoms with Gasteiger partial charge in [-0.25, -0.2) is 9.36 Å². The summed E-state index contributed by atoms with van der Waals surface area (Å²) >= 11 is 0. The van der Waals surface area contributed by atoms with Crippen LogP contribution in [0.2, 0.25) is 0 Å². The average Bonchev–Trinajstić information content (AvgIpc) is 1.60. The summed E-state index contributed by atoms with van der Waals surface area (Å²) in [5, 5.41) is 15.2. The SMILES string of the molecule is Cc1nn(-c2ccc(C(N)=O)c(C(N)CCOCCOCCOCCOCCOCCCNC(=O)CCSSCCC(=O)NCCCOCCOCCOCCOCCOCCC(N)c3cc(-n4nc(C)c5c4CC(C)(C)CC5=O)ccc3C(N)=O)c2)c2c1C(=O)CC(C)(C)C2. The number of carbonyl (C=O) groups is 6. The third-order valence-corrected chi connectivity index (χ3v) is 18.3. The van der Waals surface area contributed by atoms with Crippen molar-refractivity contribution in [3.63, 3.8) is 0 Å². The largest absolute Gasteiger partial charge is 0.379 e. The molecule has 2 unspecified atom stereocenters. The topological polar surface area (TPSA) is 358 Å². The van der Waals surface area contributed by atoms with Gasteiger partial charge in [-0.2, -0.15) is 10.2 Å². The Morgan fingerprint density at radius 1 is 0.479 bits per heavy atom. The fourth-order valence-electron chi connectivity index (χ4n) is 11.2. The van der Waals surface area contributed by atoms with Crippen LogP contribution in [-0.4, -0.2) is 211 Å². The van der Waals surface area contributed by atoms with Crippen molar-refractivity contribution in [1.82, 2.24) is 30.2 Å². The number of ether oxygens (including phenoxy) is 10. The number of primary amides is 2. The first kappa shape index (κ1) is 79.3. The van der Waals surface area contributed by atoms with E-state index in [1.165, 1.54) is 0 Å². The van der Waals surface area contributed by atoms with Crippen LogP contribution in [0.15, 0.2) is 36.4 Å². The van der Waals surface area contributed by atoms with Gasteiger partial charge >= 0.3 is 0 Å². The number of ketones is 2. The molecule has 534 valence electrons. The highest BCUT2D eigenvalue weighted by molar-refractivity contribution is 8.76. The number of carbonyl (C=O) groups excluding carboxylic acids is 6. The van der Waals surface area contributed by atoms with Gasteiger partial charge in [-0.3, -0.25) is 28.8 Å². The van der Waals surface area contributed by atoms with Gasteiger partial charge in [0.25, 0.3) is 0 Å². The highest BCUT2D eigenvalue weighted by atomic mass is 33.1. The maximum absolute atomic E-state index is 13.0. The summed E-state index contributed by atoms with van der Waals surface area (Å²) in [5.41, 5.74) is 31.9. The second kappa shape index (κ2) is 42.3. The zero-order valence-electron chi connectivity index (χ0n) is 57.1. The molecule has 28 heteroatoms. The van der Waals surface area contributed by atoms with E-state index >= 15 is 0 Å². The van der Waals surface area contributed by atoms with E-state index in [1.807, 2.05) is 26.0 Å². The highest BCUT2D eigenvalue weighted by Crippen LogP contribution is 2.39. The molecule has 26 nitrogen and oxygen atoms in total. The standard InChI is InChI=1S/C68H104N10O16S2/c1-47-63-57(43-67(3,4)45-59(63)79)77(75-47)49-9-11-51(65(71)83)53(41-49)55(69)13-21-87-25-29-91-33-37-93-35-31-89-27-23-85-19-7-17-73-61(81)15-39-95-96-40-16-62(82)74-18-8-20-86-24-28-90-32-36-94-38-34-92-30-26-88-22-14-56(70)54-42-50(10-12-52(54)66(72)84)78-58-44-68(5,6)46-60(80)64(58)48(2)76-78/h9-12,41-42,55-56H,7-8,13-40,43-46,69-70H2,1-6H3,(H2,71,83)(H2,72,84)(H,73,81)(H,74,82). The predicted molar refractivity (Wildman–Crippen MR) is 367 cm³/mol. The van der Waals surface area contributed by atoms with Crippen LogP contribution in [0.25, 0.3) is 11.4 Å². The number of rotatable bonds is 51. The third-order valence-electron chi connectivity index (χ3n) is 15.9. The minimum Gasteiger partial charge on any atom is -0.379 e. The van der Waals surface area contributed by atoms with E-state index in [1.54, 1.807) is 55.2 Å². The normalized spacial score (nSPS) is 14.8. The lowest BCUT2D eigenvalue weighted by molar-refractivity contribution is -0.121. The molecule has 96 heavy (non-hydrogen) atoms. The summed E-state index contributed by atoms with van der Waals surface area (Å²) in [4.78, 5) is 75.1. The van der Waals surface area contributed by atoms with Gasteiger partial charge in [0.2, 0.25) is 23.6 Å². The van der Waals surface area contributed by atoms with Crippen LogP contribution in [0.4, 0.5) is 0 Å². The van der Waals surface area contributed by atoms with Crippen molar-refractivity contribution in [3.05, 3.63) is 92.6 Å². The van der Waals surface area contributed by atoms with Gasteiger partial charge in [0.05, 0.1) is 151 Å². The molecule has 2 aromatic heterocycles. The van der Waals surface area contributed by atoms with Crippen molar-refractivity contribution < 1.29 is 76.1 Å². The molecule has 6 rings (SSSR count). The summed E-state index contributed by atoms with van der Waals surface area (Å²) < 4.78 is 59.9. The minimum absolute atomic E-state index is 0.0165. The molecule has 0 saturated carbocycles. The molecule has 4 aromatic rings. The summed E-state index contributed by atoms with van der Waals surface area (Å²) in [6.45, 7) is 21.3. The monoisotopic (exact) mass is 1380 g/mol. The van der Waals surface area contributed by atoms with E-state index < -0.39 is 23.9 Å². The van der Waals surface area contributed by atoms with Crippen LogP contribution in [0.5, 0.6) is 0 Å². The quantitative estimate of drug-likeness (QED) is 0.0218.